The zero-order chi connectivity index (χ0) is 10.6. The van der Waals surface area contributed by atoms with Crippen LogP contribution in [0.3, 0.4) is 0 Å². The monoisotopic (exact) mass is 182 g/mol. The smallest absolute Gasteiger partial charge is 0.224 e. The molecule has 0 aromatic carbocycles. The molecule has 0 aliphatic heterocycles. The van der Waals surface area contributed by atoms with Gasteiger partial charge < -0.3 is 5.32 Å². The van der Waals surface area contributed by atoms with E-state index in [-0.39, 0.29) is 11.8 Å². The zero-order valence-corrected chi connectivity index (χ0v) is 9.01. The van der Waals surface area contributed by atoms with Crippen molar-refractivity contribution in [1.29, 1.82) is 5.26 Å². The van der Waals surface area contributed by atoms with Crippen molar-refractivity contribution in [2.45, 2.75) is 40.2 Å². The second-order valence-electron chi connectivity index (χ2n) is 4.26. The number of amides is 1. The molecule has 0 rings (SSSR count). The molecule has 0 spiro atoms. The molecule has 1 N–H and O–H groups in total. The number of nitrogens with one attached hydrogen (secondary N) is 1. The predicted octanol–water partition coefficient (Wildman–Crippen LogP) is 1.70. The van der Waals surface area contributed by atoms with Crippen LogP contribution in [-0.2, 0) is 4.79 Å². The topological polar surface area (TPSA) is 52.9 Å². The van der Waals surface area contributed by atoms with Gasteiger partial charge in [0.1, 0.15) is 5.54 Å². The Morgan fingerprint density at radius 3 is 2.15 bits per heavy atom. The summed E-state index contributed by atoms with van der Waals surface area (Å²) in [6, 6.07) is 2.03. The Bertz CT molecular complexity index is 226. The Morgan fingerprint density at radius 1 is 1.38 bits per heavy atom. The maximum Gasteiger partial charge on any atom is 0.224 e. The van der Waals surface area contributed by atoms with Crippen molar-refractivity contribution < 1.29 is 4.79 Å². The summed E-state index contributed by atoms with van der Waals surface area (Å²) >= 11 is 0. The van der Waals surface area contributed by atoms with E-state index in [0.29, 0.717) is 5.92 Å². The summed E-state index contributed by atoms with van der Waals surface area (Å²) in [7, 11) is 0. The van der Waals surface area contributed by atoms with Gasteiger partial charge in [-0.05, 0) is 19.8 Å². The third-order valence-electron chi connectivity index (χ3n) is 2.13. The van der Waals surface area contributed by atoms with E-state index in [1.807, 2.05) is 26.8 Å². The Morgan fingerprint density at radius 2 is 1.85 bits per heavy atom. The Kier molecular flexibility index (Phi) is 3.93. The number of hydrogen-bond acceptors (Lipinski definition) is 2. The van der Waals surface area contributed by atoms with Gasteiger partial charge in [-0.1, -0.05) is 20.8 Å². The molecule has 3 heteroatoms. The highest BCUT2D eigenvalue weighted by Gasteiger charge is 2.24. The molecule has 1 unspecified atom stereocenters. The quantitative estimate of drug-likeness (QED) is 0.722. The summed E-state index contributed by atoms with van der Waals surface area (Å²) in [6.07, 6.45) is 0. The highest BCUT2D eigenvalue weighted by molar-refractivity contribution is 5.79. The largest absolute Gasteiger partial charge is 0.338 e. The molecule has 13 heavy (non-hydrogen) atoms. The first kappa shape index (κ1) is 12.0. The molecule has 0 saturated carbocycles. The van der Waals surface area contributed by atoms with Crippen molar-refractivity contribution in [3.63, 3.8) is 0 Å². The molecule has 0 bridgehead atoms. The Labute approximate surface area is 80.1 Å². The van der Waals surface area contributed by atoms with Crippen LogP contribution in [0.15, 0.2) is 0 Å². The fraction of sp³-hybridized carbons (Fsp3) is 0.800. The standard InChI is InChI=1S/C10H18N2O/c1-7(2)8(3)9(13)12-10(4,5)6-11/h7-8H,1-5H3,(H,12,13). The minimum absolute atomic E-state index is 0.0485. The zero-order valence-electron chi connectivity index (χ0n) is 9.01. The van der Waals surface area contributed by atoms with Crippen molar-refractivity contribution in [1.82, 2.24) is 5.32 Å². The van der Waals surface area contributed by atoms with Crippen LogP contribution in [0.5, 0.6) is 0 Å². The molecule has 0 fully saturated rings. The van der Waals surface area contributed by atoms with E-state index in [1.165, 1.54) is 0 Å². The average Bonchev–Trinajstić information content (AvgIpc) is 2.02. The lowest BCUT2D eigenvalue weighted by Crippen LogP contribution is -2.45. The van der Waals surface area contributed by atoms with Crippen molar-refractivity contribution in [3.05, 3.63) is 0 Å². The number of carbonyl (C=O) groups excluding carboxylic acids is 1. The second kappa shape index (κ2) is 4.27. The Hall–Kier alpha value is -1.04. The second-order valence-corrected chi connectivity index (χ2v) is 4.26. The van der Waals surface area contributed by atoms with Gasteiger partial charge in [0.05, 0.1) is 6.07 Å². The first-order valence-corrected chi connectivity index (χ1v) is 4.53. The highest BCUT2D eigenvalue weighted by Crippen LogP contribution is 2.11. The Balaban J connectivity index is 4.26. The van der Waals surface area contributed by atoms with Crippen LogP contribution in [0.2, 0.25) is 0 Å². The highest BCUT2D eigenvalue weighted by atomic mass is 16.2. The first-order valence-electron chi connectivity index (χ1n) is 4.53. The van der Waals surface area contributed by atoms with E-state index < -0.39 is 5.54 Å². The number of hydrogen-bond donors (Lipinski definition) is 1. The lowest BCUT2D eigenvalue weighted by molar-refractivity contribution is -0.126. The average molecular weight is 182 g/mol. The van der Waals surface area contributed by atoms with E-state index in [9.17, 15) is 4.79 Å². The molecule has 0 heterocycles. The van der Waals surface area contributed by atoms with Crippen LogP contribution in [0, 0.1) is 23.2 Å². The van der Waals surface area contributed by atoms with Crippen molar-refractivity contribution >= 4 is 5.91 Å². The van der Waals surface area contributed by atoms with Crippen LogP contribution in [0.4, 0.5) is 0 Å². The fourth-order valence-corrected chi connectivity index (χ4v) is 0.753. The number of carbonyl (C=O) groups is 1. The molecule has 1 amide bonds. The summed E-state index contributed by atoms with van der Waals surface area (Å²) in [5, 5.41) is 11.4. The predicted molar refractivity (Wildman–Crippen MR) is 51.8 cm³/mol. The third-order valence-corrected chi connectivity index (χ3v) is 2.13. The molecule has 0 aliphatic rings. The van der Waals surface area contributed by atoms with Gasteiger partial charge in [-0.15, -0.1) is 0 Å². The first-order chi connectivity index (χ1) is 5.80. The van der Waals surface area contributed by atoms with E-state index in [2.05, 4.69) is 5.32 Å². The molecule has 0 aromatic heterocycles. The van der Waals surface area contributed by atoms with Gasteiger partial charge in [0, 0.05) is 5.92 Å². The number of rotatable bonds is 3. The van der Waals surface area contributed by atoms with E-state index in [0.717, 1.165) is 0 Å². The van der Waals surface area contributed by atoms with Crippen LogP contribution < -0.4 is 5.32 Å². The third kappa shape index (κ3) is 3.93. The minimum atomic E-state index is -0.764. The van der Waals surface area contributed by atoms with Crippen molar-refractivity contribution in [3.8, 4) is 6.07 Å². The maximum atomic E-state index is 11.5. The molecule has 0 aliphatic carbocycles. The van der Waals surface area contributed by atoms with Gasteiger partial charge in [0.2, 0.25) is 5.91 Å². The van der Waals surface area contributed by atoms with E-state index in [4.69, 9.17) is 5.26 Å². The van der Waals surface area contributed by atoms with Gasteiger partial charge >= 0.3 is 0 Å². The molecule has 0 saturated heterocycles. The lowest BCUT2D eigenvalue weighted by Gasteiger charge is -2.22. The SMILES string of the molecule is CC(C)C(C)C(=O)NC(C)(C)C#N. The number of nitrogens with zero attached hydrogens (tertiary/aromatic N) is 1. The summed E-state index contributed by atoms with van der Waals surface area (Å²) in [4.78, 5) is 11.5. The summed E-state index contributed by atoms with van der Waals surface area (Å²) in [5.74, 6) is 0.198. The molecule has 3 nitrogen and oxygen atoms in total. The summed E-state index contributed by atoms with van der Waals surface area (Å²) in [6.45, 7) is 9.23. The van der Waals surface area contributed by atoms with E-state index in [1.54, 1.807) is 13.8 Å². The van der Waals surface area contributed by atoms with E-state index >= 15 is 0 Å². The van der Waals surface area contributed by atoms with Gasteiger partial charge in [-0.25, -0.2) is 0 Å². The van der Waals surface area contributed by atoms with Crippen LogP contribution >= 0.6 is 0 Å². The molecule has 0 aromatic rings. The van der Waals surface area contributed by atoms with Gasteiger partial charge in [0.15, 0.2) is 0 Å². The molecular weight excluding hydrogens is 164 g/mol. The van der Waals surface area contributed by atoms with Gasteiger partial charge in [0.25, 0.3) is 0 Å². The summed E-state index contributed by atoms with van der Waals surface area (Å²) < 4.78 is 0. The van der Waals surface area contributed by atoms with Crippen molar-refractivity contribution in [2.24, 2.45) is 11.8 Å². The minimum Gasteiger partial charge on any atom is -0.338 e. The van der Waals surface area contributed by atoms with Gasteiger partial charge in [-0.3, -0.25) is 4.79 Å². The van der Waals surface area contributed by atoms with Crippen LogP contribution in [-0.4, -0.2) is 11.4 Å². The van der Waals surface area contributed by atoms with Crippen LogP contribution in [0.1, 0.15) is 34.6 Å². The van der Waals surface area contributed by atoms with Crippen molar-refractivity contribution in [2.75, 3.05) is 0 Å². The van der Waals surface area contributed by atoms with Crippen LogP contribution in [0.25, 0.3) is 0 Å². The molecular formula is C10H18N2O. The van der Waals surface area contributed by atoms with Gasteiger partial charge in [-0.2, -0.15) is 5.26 Å². The fourth-order valence-electron chi connectivity index (χ4n) is 0.753. The number of nitriles is 1. The molecule has 74 valence electrons. The normalized spacial score (nSPS) is 13.6. The molecule has 0 radical (unpaired) electrons. The maximum absolute atomic E-state index is 11.5. The molecule has 1 atom stereocenters. The lowest BCUT2D eigenvalue weighted by atomic mass is 9.96. The summed E-state index contributed by atoms with van der Waals surface area (Å²) in [5.41, 5.74) is -0.764.